The van der Waals surface area contributed by atoms with Crippen LogP contribution >= 0.6 is 0 Å². The van der Waals surface area contributed by atoms with E-state index in [1.807, 2.05) is 4.90 Å². The molecule has 2 fully saturated rings. The third-order valence-corrected chi connectivity index (χ3v) is 4.24. The summed E-state index contributed by atoms with van der Waals surface area (Å²) in [4.78, 5) is 16.1. The van der Waals surface area contributed by atoms with Gasteiger partial charge in [-0.15, -0.1) is 0 Å². The van der Waals surface area contributed by atoms with Gasteiger partial charge in [0.1, 0.15) is 5.69 Å². The molecular formula is C13H14F3N3O2. The molecule has 1 amide bonds. The number of rotatable bonds is 2. The summed E-state index contributed by atoms with van der Waals surface area (Å²) in [5.74, 6) is 0. The number of halogens is 3. The molecule has 1 spiro atoms. The van der Waals surface area contributed by atoms with Crippen molar-refractivity contribution in [3.63, 3.8) is 0 Å². The van der Waals surface area contributed by atoms with Gasteiger partial charge in [0, 0.05) is 18.5 Å². The van der Waals surface area contributed by atoms with Gasteiger partial charge in [0.25, 0.3) is 0 Å². The van der Waals surface area contributed by atoms with E-state index >= 15 is 0 Å². The number of nitrogens with zero attached hydrogens (tertiary/aromatic N) is 2. The zero-order valence-electron chi connectivity index (χ0n) is 11.0. The Morgan fingerprint density at radius 3 is 2.62 bits per heavy atom. The number of amides is 1. The summed E-state index contributed by atoms with van der Waals surface area (Å²) in [6.45, 7) is 1.10. The smallest absolute Gasteiger partial charge is 0.433 e. The Labute approximate surface area is 118 Å². The fourth-order valence-corrected chi connectivity index (χ4v) is 2.92. The third kappa shape index (κ3) is 2.62. The number of hydrogen-bond donors (Lipinski definition) is 2. The summed E-state index contributed by atoms with van der Waals surface area (Å²) < 4.78 is 37.5. The van der Waals surface area contributed by atoms with Crippen molar-refractivity contribution < 1.29 is 23.1 Å². The van der Waals surface area contributed by atoms with Crippen LogP contribution in [0.5, 0.6) is 0 Å². The fourth-order valence-electron chi connectivity index (χ4n) is 2.92. The Balaban J connectivity index is 1.75. The number of pyridine rings is 1. The molecule has 2 aliphatic rings. The highest BCUT2D eigenvalue weighted by Crippen LogP contribution is 2.53. The normalized spacial score (nSPS) is 23.4. The Morgan fingerprint density at radius 1 is 1.43 bits per heavy atom. The number of anilines is 1. The standard InChI is InChI=1S/C13H14F3N3O2/c14-13(15,16)9-2-1-8(5-17-9)19-6-10(18-11(20)21)12(7-19)3-4-12/h1-2,5,10,18H,3-4,6-7H2,(H,20,21). The van der Waals surface area contributed by atoms with Crippen LogP contribution in [0.4, 0.5) is 23.7 Å². The van der Waals surface area contributed by atoms with Crippen LogP contribution in [0.1, 0.15) is 18.5 Å². The van der Waals surface area contributed by atoms with E-state index in [4.69, 9.17) is 5.11 Å². The van der Waals surface area contributed by atoms with Gasteiger partial charge in [0.2, 0.25) is 0 Å². The maximum absolute atomic E-state index is 12.5. The number of aromatic nitrogens is 1. The second-order valence-electron chi connectivity index (χ2n) is 5.64. The molecule has 1 atom stereocenters. The van der Waals surface area contributed by atoms with E-state index in [2.05, 4.69) is 10.3 Å². The monoisotopic (exact) mass is 301 g/mol. The lowest BCUT2D eigenvalue weighted by Crippen LogP contribution is -2.40. The zero-order valence-corrected chi connectivity index (χ0v) is 11.0. The SMILES string of the molecule is O=C(O)NC1CN(c2ccc(C(F)(F)F)nc2)CC12CC2. The predicted octanol–water partition coefficient (Wildman–Crippen LogP) is 2.34. The van der Waals surface area contributed by atoms with E-state index in [0.717, 1.165) is 18.9 Å². The minimum absolute atomic E-state index is 0.0684. The molecule has 21 heavy (non-hydrogen) atoms. The highest BCUT2D eigenvalue weighted by atomic mass is 19.4. The molecule has 114 valence electrons. The van der Waals surface area contributed by atoms with E-state index < -0.39 is 18.0 Å². The Bertz CT molecular complexity index is 555. The van der Waals surface area contributed by atoms with Crippen LogP contribution in [0.2, 0.25) is 0 Å². The van der Waals surface area contributed by atoms with Crippen molar-refractivity contribution in [2.24, 2.45) is 5.41 Å². The molecule has 5 nitrogen and oxygen atoms in total. The zero-order chi connectivity index (χ0) is 15.3. The van der Waals surface area contributed by atoms with Crippen molar-refractivity contribution >= 4 is 11.8 Å². The molecule has 1 aromatic rings. The molecule has 1 aromatic heterocycles. The Hall–Kier alpha value is -1.99. The van der Waals surface area contributed by atoms with Crippen LogP contribution in [0.15, 0.2) is 18.3 Å². The average Bonchev–Trinajstić information content (AvgIpc) is 3.08. The lowest BCUT2D eigenvalue weighted by Gasteiger charge is -2.18. The minimum Gasteiger partial charge on any atom is -0.465 e. The van der Waals surface area contributed by atoms with Gasteiger partial charge >= 0.3 is 12.3 Å². The molecule has 1 saturated carbocycles. The second kappa shape index (κ2) is 4.51. The molecule has 1 saturated heterocycles. The Kier molecular flexibility index (Phi) is 3.00. The van der Waals surface area contributed by atoms with E-state index in [9.17, 15) is 18.0 Å². The van der Waals surface area contributed by atoms with Crippen LogP contribution in [0, 0.1) is 5.41 Å². The summed E-state index contributed by atoms with van der Waals surface area (Å²) in [5.41, 5.74) is -0.406. The molecule has 1 aliphatic heterocycles. The van der Waals surface area contributed by atoms with E-state index in [1.54, 1.807) is 0 Å². The van der Waals surface area contributed by atoms with Gasteiger partial charge < -0.3 is 15.3 Å². The lowest BCUT2D eigenvalue weighted by molar-refractivity contribution is -0.141. The molecule has 3 rings (SSSR count). The minimum atomic E-state index is -4.45. The van der Waals surface area contributed by atoms with Gasteiger partial charge in [-0.25, -0.2) is 9.78 Å². The topological polar surface area (TPSA) is 65.5 Å². The summed E-state index contributed by atoms with van der Waals surface area (Å²) in [7, 11) is 0. The van der Waals surface area contributed by atoms with Gasteiger partial charge in [-0.2, -0.15) is 13.2 Å². The molecule has 0 radical (unpaired) electrons. The van der Waals surface area contributed by atoms with Gasteiger partial charge in [-0.3, -0.25) is 0 Å². The maximum Gasteiger partial charge on any atom is 0.433 e. The van der Waals surface area contributed by atoms with Gasteiger partial charge in [0.15, 0.2) is 0 Å². The van der Waals surface area contributed by atoms with Crippen molar-refractivity contribution in [3.8, 4) is 0 Å². The summed E-state index contributed by atoms with van der Waals surface area (Å²) in [6, 6.07) is 2.15. The second-order valence-corrected chi connectivity index (χ2v) is 5.64. The third-order valence-electron chi connectivity index (χ3n) is 4.24. The molecule has 2 N–H and O–H groups in total. The molecule has 1 unspecified atom stereocenters. The van der Waals surface area contributed by atoms with Crippen LogP contribution in [0.25, 0.3) is 0 Å². The quantitative estimate of drug-likeness (QED) is 0.880. The average molecular weight is 301 g/mol. The summed E-state index contributed by atoms with van der Waals surface area (Å²) in [6.07, 6.45) is -2.46. The number of carbonyl (C=O) groups is 1. The fraction of sp³-hybridized carbons (Fsp3) is 0.538. The number of nitrogens with one attached hydrogen (secondary N) is 1. The molecular weight excluding hydrogens is 287 g/mol. The van der Waals surface area contributed by atoms with E-state index in [0.29, 0.717) is 18.8 Å². The first kappa shape index (κ1) is 14.0. The van der Waals surface area contributed by atoms with Crippen molar-refractivity contribution in [2.75, 3.05) is 18.0 Å². The number of hydrogen-bond acceptors (Lipinski definition) is 3. The van der Waals surface area contributed by atoms with E-state index in [1.165, 1.54) is 12.3 Å². The van der Waals surface area contributed by atoms with Crippen molar-refractivity contribution in [3.05, 3.63) is 24.0 Å². The van der Waals surface area contributed by atoms with Crippen LogP contribution in [-0.4, -0.2) is 35.3 Å². The first-order valence-corrected chi connectivity index (χ1v) is 6.58. The van der Waals surface area contributed by atoms with Gasteiger partial charge in [-0.05, 0) is 25.0 Å². The molecule has 0 bridgehead atoms. The highest BCUT2D eigenvalue weighted by Gasteiger charge is 2.55. The first-order chi connectivity index (χ1) is 9.80. The van der Waals surface area contributed by atoms with Crippen LogP contribution in [-0.2, 0) is 6.18 Å². The van der Waals surface area contributed by atoms with Crippen molar-refractivity contribution in [1.82, 2.24) is 10.3 Å². The van der Waals surface area contributed by atoms with E-state index in [-0.39, 0.29) is 11.5 Å². The first-order valence-electron chi connectivity index (χ1n) is 6.58. The largest absolute Gasteiger partial charge is 0.465 e. The summed E-state index contributed by atoms with van der Waals surface area (Å²) in [5, 5.41) is 11.4. The van der Waals surface area contributed by atoms with Gasteiger partial charge in [-0.1, -0.05) is 0 Å². The van der Waals surface area contributed by atoms with Crippen LogP contribution in [0.3, 0.4) is 0 Å². The van der Waals surface area contributed by atoms with Crippen molar-refractivity contribution in [1.29, 1.82) is 0 Å². The predicted molar refractivity (Wildman–Crippen MR) is 68.1 cm³/mol. The molecule has 1 aliphatic carbocycles. The highest BCUT2D eigenvalue weighted by molar-refractivity contribution is 5.66. The van der Waals surface area contributed by atoms with Crippen molar-refractivity contribution in [2.45, 2.75) is 25.1 Å². The van der Waals surface area contributed by atoms with Gasteiger partial charge in [0.05, 0.1) is 17.9 Å². The Morgan fingerprint density at radius 2 is 2.14 bits per heavy atom. The molecule has 2 heterocycles. The molecule has 0 aromatic carbocycles. The lowest BCUT2D eigenvalue weighted by atomic mass is 10.0. The molecule has 8 heteroatoms. The number of carboxylic acid groups (broad SMARTS) is 1. The van der Waals surface area contributed by atoms with Crippen LogP contribution < -0.4 is 10.2 Å². The summed E-state index contributed by atoms with van der Waals surface area (Å²) >= 11 is 0. The number of alkyl halides is 3. The maximum atomic E-state index is 12.5.